The van der Waals surface area contributed by atoms with Crippen molar-refractivity contribution >= 4 is 0 Å². The summed E-state index contributed by atoms with van der Waals surface area (Å²) >= 11 is 0. The first-order valence-electron chi connectivity index (χ1n) is 6.76. The molecule has 1 aromatic heterocycles. The van der Waals surface area contributed by atoms with Gasteiger partial charge in [0.1, 0.15) is 6.10 Å². The summed E-state index contributed by atoms with van der Waals surface area (Å²) in [5.74, 6) is 1.45. The molecule has 2 unspecified atom stereocenters. The van der Waals surface area contributed by atoms with E-state index < -0.39 is 0 Å². The Labute approximate surface area is 113 Å². The van der Waals surface area contributed by atoms with Crippen molar-refractivity contribution in [2.24, 2.45) is 5.92 Å². The Bertz CT molecular complexity index is 440. The van der Waals surface area contributed by atoms with Crippen molar-refractivity contribution in [2.45, 2.75) is 32.8 Å². The van der Waals surface area contributed by atoms with Crippen LogP contribution in [0.5, 0.6) is 0 Å². The average molecular weight is 264 g/mol. The van der Waals surface area contributed by atoms with E-state index in [1.54, 1.807) is 0 Å². The van der Waals surface area contributed by atoms with Crippen LogP contribution in [-0.2, 0) is 11.2 Å². The molecule has 0 bridgehead atoms. The molecule has 1 saturated heterocycles. The van der Waals surface area contributed by atoms with Crippen molar-refractivity contribution in [1.82, 2.24) is 15.0 Å². The first-order valence-corrected chi connectivity index (χ1v) is 6.76. The Morgan fingerprint density at radius 1 is 1.58 bits per heavy atom. The molecule has 104 valence electrons. The molecular formula is C13H20N4O2. The summed E-state index contributed by atoms with van der Waals surface area (Å²) in [6, 6.07) is 2.15. The molecule has 2 rings (SSSR count). The van der Waals surface area contributed by atoms with Crippen LogP contribution in [0.15, 0.2) is 4.52 Å². The smallest absolute Gasteiger partial charge is 0.227 e. The minimum Gasteiger partial charge on any atom is -0.367 e. The topological polar surface area (TPSA) is 75.2 Å². The van der Waals surface area contributed by atoms with Crippen molar-refractivity contribution in [2.75, 3.05) is 26.2 Å². The van der Waals surface area contributed by atoms with Crippen LogP contribution in [0, 0.1) is 17.2 Å². The van der Waals surface area contributed by atoms with E-state index in [-0.39, 0.29) is 12.0 Å². The molecule has 0 aromatic carbocycles. The molecule has 0 radical (unpaired) electrons. The zero-order valence-electron chi connectivity index (χ0n) is 11.5. The second-order valence-corrected chi connectivity index (χ2v) is 4.97. The van der Waals surface area contributed by atoms with E-state index in [1.165, 1.54) is 0 Å². The Morgan fingerprint density at radius 2 is 2.42 bits per heavy atom. The number of hydrogen-bond acceptors (Lipinski definition) is 6. The Morgan fingerprint density at radius 3 is 3.16 bits per heavy atom. The number of nitrogens with zero attached hydrogens (tertiary/aromatic N) is 4. The van der Waals surface area contributed by atoms with Gasteiger partial charge in [0.25, 0.3) is 0 Å². The molecule has 1 aromatic rings. The molecule has 0 N–H and O–H groups in total. The van der Waals surface area contributed by atoms with Crippen molar-refractivity contribution < 1.29 is 9.26 Å². The molecule has 2 atom stereocenters. The van der Waals surface area contributed by atoms with Gasteiger partial charge in [0, 0.05) is 25.9 Å². The number of rotatable bonds is 5. The number of hydrogen-bond donors (Lipinski definition) is 0. The maximum absolute atomic E-state index is 8.64. The average Bonchev–Trinajstić information content (AvgIpc) is 2.87. The summed E-state index contributed by atoms with van der Waals surface area (Å²) < 4.78 is 10.9. The highest BCUT2D eigenvalue weighted by Crippen LogP contribution is 2.20. The van der Waals surface area contributed by atoms with E-state index in [0.717, 1.165) is 19.6 Å². The molecule has 1 fully saturated rings. The zero-order valence-corrected chi connectivity index (χ0v) is 11.5. The third-order valence-electron chi connectivity index (χ3n) is 3.33. The fourth-order valence-corrected chi connectivity index (χ4v) is 2.15. The highest BCUT2D eigenvalue weighted by atomic mass is 16.5. The first kappa shape index (κ1) is 14.0. The summed E-state index contributed by atoms with van der Waals surface area (Å²) in [7, 11) is 0. The third kappa shape index (κ3) is 3.75. The molecule has 6 heteroatoms. The van der Waals surface area contributed by atoms with E-state index in [4.69, 9.17) is 14.5 Å². The summed E-state index contributed by atoms with van der Waals surface area (Å²) in [5, 5.41) is 12.6. The maximum atomic E-state index is 8.64. The molecule has 1 aliphatic heterocycles. The standard InChI is InChI=1S/C13H20N4O2/c1-3-17-6-7-18-11(9-17)13-15-12(19-16-13)8-10(2)4-5-14/h10-11H,3-4,6-9H2,1-2H3. The monoisotopic (exact) mass is 264 g/mol. The quantitative estimate of drug-likeness (QED) is 0.803. The van der Waals surface area contributed by atoms with Gasteiger partial charge < -0.3 is 9.26 Å². The van der Waals surface area contributed by atoms with Crippen LogP contribution >= 0.6 is 0 Å². The number of nitriles is 1. The zero-order chi connectivity index (χ0) is 13.7. The molecule has 0 spiro atoms. The second-order valence-electron chi connectivity index (χ2n) is 4.97. The number of morpholine rings is 1. The number of likely N-dealkylation sites (N-methyl/N-ethyl adjacent to an activating group) is 1. The van der Waals surface area contributed by atoms with Crippen LogP contribution in [0.1, 0.15) is 38.1 Å². The minimum absolute atomic E-state index is 0.0996. The van der Waals surface area contributed by atoms with E-state index in [9.17, 15) is 0 Å². The van der Waals surface area contributed by atoms with Crippen molar-refractivity contribution in [3.8, 4) is 6.07 Å². The Balaban J connectivity index is 1.95. The highest BCUT2D eigenvalue weighted by molar-refractivity contribution is 4.95. The lowest BCUT2D eigenvalue weighted by molar-refractivity contribution is -0.0334. The molecule has 19 heavy (non-hydrogen) atoms. The normalized spacial score (nSPS) is 22.1. The largest absolute Gasteiger partial charge is 0.367 e. The van der Waals surface area contributed by atoms with Gasteiger partial charge in [-0.3, -0.25) is 4.90 Å². The maximum Gasteiger partial charge on any atom is 0.227 e. The van der Waals surface area contributed by atoms with Gasteiger partial charge in [0.2, 0.25) is 11.7 Å². The molecule has 0 saturated carbocycles. The van der Waals surface area contributed by atoms with E-state index >= 15 is 0 Å². The van der Waals surface area contributed by atoms with Crippen molar-refractivity contribution in [1.29, 1.82) is 5.26 Å². The second kappa shape index (κ2) is 6.64. The van der Waals surface area contributed by atoms with Gasteiger partial charge in [-0.1, -0.05) is 19.0 Å². The SMILES string of the molecule is CCN1CCOC(c2noc(CC(C)CC#N)n2)C1. The summed E-state index contributed by atoms with van der Waals surface area (Å²) in [6.07, 6.45) is 1.05. The highest BCUT2D eigenvalue weighted by Gasteiger charge is 2.25. The molecule has 2 heterocycles. The van der Waals surface area contributed by atoms with Gasteiger partial charge >= 0.3 is 0 Å². The fraction of sp³-hybridized carbons (Fsp3) is 0.769. The van der Waals surface area contributed by atoms with Gasteiger partial charge in [0.05, 0.1) is 12.7 Å². The van der Waals surface area contributed by atoms with Crippen LogP contribution in [0.3, 0.4) is 0 Å². The van der Waals surface area contributed by atoms with E-state index in [2.05, 4.69) is 28.0 Å². The molecule has 0 amide bonds. The van der Waals surface area contributed by atoms with Crippen LogP contribution in [0.25, 0.3) is 0 Å². The van der Waals surface area contributed by atoms with Crippen LogP contribution in [-0.4, -0.2) is 41.3 Å². The van der Waals surface area contributed by atoms with Gasteiger partial charge in [0.15, 0.2) is 0 Å². The number of aromatic nitrogens is 2. The molecule has 0 aliphatic carbocycles. The van der Waals surface area contributed by atoms with Gasteiger partial charge in [-0.2, -0.15) is 10.2 Å². The lowest BCUT2D eigenvalue weighted by atomic mass is 10.1. The lowest BCUT2D eigenvalue weighted by Crippen LogP contribution is -2.38. The van der Waals surface area contributed by atoms with Crippen LogP contribution < -0.4 is 0 Å². The number of ether oxygens (including phenoxy) is 1. The van der Waals surface area contributed by atoms with Crippen LogP contribution in [0.4, 0.5) is 0 Å². The van der Waals surface area contributed by atoms with Gasteiger partial charge in [-0.25, -0.2) is 0 Å². The predicted octanol–water partition coefficient (Wildman–Crippen LogP) is 1.56. The van der Waals surface area contributed by atoms with E-state index in [1.807, 2.05) is 6.92 Å². The fourth-order valence-electron chi connectivity index (χ4n) is 2.15. The third-order valence-corrected chi connectivity index (χ3v) is 3.33. The van der Waals surface area contributed by atoms with E-state index in [0.29, 0.717) is 31.2 Å². The summed E-state index contributed by atoms with van der Waals surface area (Å²) in [5.41, 5.74) is 0. The Kier molecular flexibility index (Phi) is 4.88. The van der Waals surface area contributed by atoms with Crippen LogP contribution in [0.2, 0.25) is 0 Å². The van der Waals surface area contributed by atoms with Crippen molar-refractivity contribution in [3.05, 3.63) is 11.7 Å². The Hall–Kier alpha value is -1.45. The molecular weight excluding hydrogens is 244 g/mol. The summed E-state index contributed by atoms with van der Waals surface area (Å²) in [4.78, 5) is 6.69. The molecule has 6 nitrogen and oxygen atoms in total. The first-order chi connectivity index (χ1) is 9.22. The molecule has 1 aliphatic rings. The van der Waals surface area contributed by atoms with Crippen molar-refractivity contribution in [3.63, 3.8) is 0 Å². The predicted molar refractivity (Wildman–Crippen MR) is 68.2 cm³/mol. The summed E-state index contributed by atoms with van der Waals surface area (Å²) in [6.45, 7) is 7.60. The minimum atomic E-state index is -0.0996. The van der Waals surface area contributed by atoms with Gasteiger partial charge in [-0.15, -0.1) is 0 Å². The van der Waals surface area contributed by atoms with Gasteiger partial charge in [-0.05, 0) is 12.5 Å². The lowest BCUT2D eigenvalue weighted by Gasteiger charge is -2.30.